The summed E-state index contributed by atoms with van der Waals surface area (Å²) in [5.74, 6) is -0.548. The van der Waals surface area contributed by atoms with Gasteiger partial charge in [-0.1, -0.05) is 0 Å². The van der Waals surface area contributed by atoms with Crippen molar-refractivity contribution < 1.29 is 22.7 Å². The maximum absolute atomic E-state index is 13.2. The summed E-state index contributed by atoms with van der Waals surface area (Å²) < 4.78 is 45.9. The predicted molar refractivity (Wildman–Crippen MR) is 81.8 cm³/mol. The molecule has 5 nitrogen and oxygen atoms in total. The lowest BCUT2D eigenvalue weighted by Gasteiger charge is -2.12. The molecule has 0 bridgehead atoms. The van der Waals surface area contributed by atoms with E-state index in [1.807, 2.05) is 0 Å². The molecule has 0 aliphatic heterocycles. The first kappa shape index (κ1) is 16.2. The Hall–Kier alpha value is -1.16. The van der Waals surface area contributed by atoms with Crippen LogP contribution in [0, 0.1) is 5.82 Å². The second kappa shape index (κ2) is 6.73. The third-order valence-electron chi connectivity index (χ3n) is 2.35. The quantitative estimate of drug-likeness (QED) is 0.788. The molecule has 0 aliphatic rings. The van der Waals surface area contributed by atoms with Crippen LogP contribution in [0.3, 0.4) is 0 Å². The molecule has 2 aromatic rings. The van der Waals surface area contributed by atoms with E-state index >= 15 is 0 Å². The monoisotopic (exact) mass is 395 g/mol. The third-order valence-corrected chi connectivity index (χ3v) is 5.83. The zero-order valence-corrected chi connectivity index (χ0v) is 13.8. The molecule has 0 fully saturated rings. The highest BCUT2D eigenvalue weighted by atomic mass is 79.9. The number of ether oxygens (including phenoxy) is 1. The largest absolute Gasteiger partial charge is 0.489 e. The van der Waals surface area contributed by atoms with E-state index < -0.39 is 15.8 Å². The van der Waals surface area contributed by atoms with Crippen LogP contribution in [0.4, 0.5) is 10.1 Å². The van der Waals surface area contributed by atoms with Gasteiger partial charge in [0.05, 0.1) is 16.1 Å². The van der Waals surface area contributed by atoms with Gasteiger partial charge in [0.15, 0.2) is 0 Å². The van der Waals surface area contributed by atoms with Crippen molar-refractivity contribution in [2.75, 3.05) is 17.9 Å². The van der Waals surface area contributed by atoms with Crippen LogP contribution in [0.1, 0.15) is 0 Å². The van der Waals surface area contributed by atoms with Gasteiger partial charge >= 0.3 is 0 Å². The zero-order valence-electron chi connectivity index (χ0n) is 10.5. The van der Waals surface area contributed by atoms with Crippen molar-refractivity contribution in [2.45, 2.75) is 4.21 Å². The number of benzene rings is 1. The summed E-state index contributed by atoms with van der Waals surface area (Å²) in [6, 6.07) is 6.51. The van der Waals surface area contributed by atoms with Crippen molar-refractivity contribution in [2.24, 2.45) is 0 Å². The van der Waals surface area contributed by atoms with E-state index in [0.717, 1.165) is 23.5 Å². The molecular formula is C12H11BrFNO4S2. The van der Waals surface area contributed by atoms with Crippen LogP contribution in [-0.2, 0) is 10.0 Å². The molecule has 21 heavy (non-hydrogen) atoms. The molecule has 2 rings (SSSR count). The van der Waals surface area contributed by atoms with Crippen LogP contribution in [-0.4, -0.2) is 26.7 Å². The maximum atomic E-state index is 13.2. The van der Waals surface area contributed by atoms with E-state index in [4.69, 9.17) is 9.84 Å². The van der Waals surface area contributed by atoms with E-state index in [2.05, 4.69) is 20.7 Å². The molecule has 9 heteroatoms. The van der Waals surface area contributed by atoms with Gasteiger partial charge in [-0.3, -0.25) is 4.72 Å². The molecule has 0 aliphatic carbocycles. The van der Waals surface area contributed by atoms with Crippen molar-refractivity contribution in [3.05, 3.63) is 39.9 Å². The Morgan fingerprint density at radius 2 is 2.10 bits per heavy atom. The minimum Gasteiger partial charge on any atom is -0.489 e. The fourth-order valence-electron chi connectivity index (χ4n) is 1.49. The lowest BCUT2D eigenvalue weighted by atomic mass is 10.3. The zero-order chi connectivity index (χ0) is 15.5. The topological polar surface area (TPSA) is 75.6 Å². The summed E-state index contributed by atoms with van der Waals surface area (Å²) in [6.45, 7) is -0.330. The average molecular weight is 396 g/mol. The van der Waals surface area contributed by atoms with Crippen molar-refractivity contribution in [3.8, 4) is 5.75 Å². The lowest BCUT2D eigenvalue weighted by molar-refractivity contribution is 0.201. The van der Waals surface area contributed by atoms with Gasteiger partial charge in [0.2, 0.25) is 0 Å². The molecule has 0 spiro atoms. The number of aliphatic hydroxyl groups excluding tert-OH is 1. The number of hydrogen-bond donors (Lipinski definition) is 2. The van der Waals surface area contributed by atoms with E-state index in [1.165, 1.54) is 12.1 Å². The van der Waals surface area contributed by atoms with Crippen LogP contribution in [0.15, 0.2) is 38.3 Å². The fourth-order valence-corrected chi connectivity index (χ4v) is 4.57. The third kappa shape index (κ3) is 4.16. The predicted octanol–water partition coefficient (Wildman–Crippen LogP) is 2.82. The molecule has 0 saturated carbocycles. The molecule has 1 aromatic heterocycles. The first-order valence-corrected chi connectivity index (χ1v) is 8.83. The molecule has 2 N–H and O–H groups in total. The van der Waals surface area contributed by atoms with Gasteiger partial charge in [0, 0.05) is 6.07 Å². The number of rotatable bonds is 6. The van der Waals surface area contributed by atoms with Crippen molar-refractivity contribution >= 4 is 43.0 Å². The number of hydrogen-bond acceptors (Lipinski definition) is 5. The lowest BCUT2D eigenvalue weighted by Crippen LogP contribution is -2.13. The number of anilines is 1. The first-order chi connectivity index (χ1) is 9.92. The smallest absolute Gasteiger partial charge is 0.271 e. The molecule has 0 unspecified atom stereocenters. The van der Waals surface area contributed by atoms with Crippen molar-refractivity contribution in [3.63, 3.8) is 0 Å². The molecule has 1 heterocycles. The summed E-state index contributed by atoms with van der Waals surface area (Å²) in [5.41, 5.74) is 0.106. The SMILES string of the molecule is O=S(=O)(Nc1ccc(F)cc1OCCO)c1ccc(Br)s1. The van der Waals surface area contributed by atoms with Crippen LogP contribution in [0.5, 0.6) is 5.75 Å². The van der Waals surface area contributed by atoms with E-state index in [9.17, 15) is 12.8 Å². The van der Waals surface area contributed by atoms with E-state index in [1.54, 1.807) is 6.07 Å². The summed E-state index contributed by atoms with van der Waals surface area (Å²) in [4.78, 5) is 0. The molecule has 114 valence electrons. The van der Waals surface area contributed by atoms with Crippen LogP contribution in [0.25, 0.3) is 0 Å². The van der Waals surface area contributed by atoms with Crippen LogP contribution >= 0.6 is 27.3 Å². The Labute approximate surface area is 133 Å². The number of aliphatic hydroxyl groups is 1. The van der Waals surface area contributed by atoms with Crippen LogP contribution in [0.2, 0.25) is 0 Å². The van der Waals surface area contributed by atoms with Gasteiger partial charge in [-0.15, -0.1) is 11.3 Å². The molecular weight excluding hydrogens is 385 g/mol. The Kier molecular flexibility index (Phi) is 5.20. The number of sulfonamides is 1. The summed E-state index contributed by atoms with van der Waals surface area (Å²) in [5, 5.41) is 8.74. The summed E-state index contributed by atoms with van der Waals surface area (Å²) >= 11 is 4.24. The second-order valence-electron chi connectivity index (χ2n) is 3.88. The van der Waals surface area contributed by atoms with Crippen molar-refractivity contribution in [1.29, 1.82) is 0 Å². The Bertz CT molecular complexity index is 733. The molecule has 0 atom stereocenters. The number of nitrogens with one attached hydrogen (secondary N) is 1. The Morgan fingerprint density at radius 3 is 2.71 bits per heavy atom. The normalized spacial score (nSPS) is 11.4. The average Bonchev–Trinajstić information content (AvgIpc) is 2.86. The fraction of sp³-hybridized carbons (Fsp3) is 0.167. The molecule has 0 amide bonds. The highest BCUT2D eigenvalue weighted by Gasteiger charge is 2.19. The molecule has 1 aromatic carbocycles. The van der Waals surface area contributed by atoms with E-state index in [-0.39, 0.29) is 28.9 Å². The van der Waals surface area contributed by atoms with Gasteiger partial charge in [0.25, 0.3) is 10.0 Å². The summed E-state index contributed by atoms with van der Waals surface area (Å²) in [6.07, 6.45) is 0. The standard InChI is InChI=1S/C12H11BrFNO4S2/c13-11-3-4-12(20-11)21(17,18)15-9-2-1-8(14)7-10(9)19-6-5-16/h1-4,7,15-16H,5-6H2. The Balaban J connectivity index is 2.30. The van der Waals surface area contributed by atoms with Gasteiger partial charge < -0.3 is 9.84 Å². The van der Waals surface area contributed by atoms with E-state index in [0.29, 0.717) is 3.79 Å². The van der Waals surface area contributed by atoms with Gasteiger partial charge in [0.1, 0.15) is 22.4 Å². The number of halogens is 2. The minimum absolute atomic E-state index is 0.0169. The van der Waals surface area contributed by atoms with Gasteiger partial charge in [-0.25, -0.2) is 12.8 Å². The Morgan fingerprint density at radius 1 is 1.33 bits per heavy atom. The van der Waals surface area contributed by atoms with Crippen LogP contribution < -0.4 is 9.46 Å². The highest BCUT2D eigenvalue weighted by molar-refractivity contribution is 9.11. The first-order valence-electron chi connectivity index (χ1n) is 5.74. The maximum Gasteiger partial charge on any atom is 0.271 e. The second-order valence-corrected chi connectivity index (χ2v) is 8.25. The number of thiophene rings is 1. The minimum atomic E-state index is -3.78. The highest BCUT2D eigenvalue weighted by Crippen LogP contribution is 2.31. The molecule has 0 radical (unpaired) electrons. The molecule has 0 saturated heterocycles. The van der Waals surface area contributed by atoms with Crippen molar-refractivity contribution in [1.82, 2.24) is 0 Å². The van der Waals surface area contributed by atoms with Gasteiger partial charge in [-0.2, -0.15) is 0 Å². The van der Waals surface area contributed by atoms with Gasteiger partial charge in [-0.05, 0) is 40.2 Å². The summed E-state index contributed by atoms with van der Waals surface area (Å²) in [7, 11) is -3.78.